The molecular formula is C13H15N3O. The number of nitrogens with two attached hydrogens (primary N) is 1. The first kappa shape index (κ1) is 11.6. The molecule has 88 valence electrons. The smallest absolute Gasteiger partial charge is 0.224 e. The quantitative estimate of drug-likeness (QED) is 0.827. The van der Waals surface area contributed by atoms with E-state index in [1.54, 1.807) is 11.0 Å². The molecule has 1 saturated heterocycles. The van der Waals surface area contributed by atoms with Gasteiger partial charge in [-0.25, -0.2) is 0 Å². The second kappa shape index (κ2) is 4.56. The van der Waals surface area contributed by atoms with E-state index in [0.29, 0.717) is 18.5 Å². The van der Waals surface area contributed by atoms with Gasteiger partial charge in [-0.3, -0.25) is 4.79 Å². The minimum Gasteiger partial charge on any atom is -0.334 e. The van der Waals surface area contributed by atoms with Crippen LogP contribution in [0.1, 0.15) is 30.5 Å². The SMILES string of the molecule is CCN1C(=O)CC(N)C1c1ccccc1C#N. The highest BCUT2D eigenvalue weighted by atomic mass is 16.2. The summed E-state index contributed by atoms with van der Waals surface area (Å²) in [5.74, 6) is 0.0674. The molecule has 0 saturated carbocycles. The fourth-order valence-corrected chi connectivity index (χ4v) is 2.45. The highest BCUT2D eigenvalue weighted by molar-refractivity contribution is 5.80. The lowest BCUT2D eigenvalue weighted by Gasteiger charge is -2.26. The molecule has 1 fully saturated rings. The van der Waals surface area contributed by atoms with Gasteiger partial charge < -0.3 is 10.6 Å². The van der Waals surface area contributed by atoms with Crippen molar-refractivity contribution in [2.24, 2.45) is 5.73 Å². The van der Waals surface area contributed by atoms with Crippen LogP contribution in [-0.2, 0) is 4.79 Å². The Morgan fingerprint density at radius 3 is 2.88 bits per heavy atom. The monoisotopic (exact) mass is 229 g/mol. The Labute approximate surface area is 101 Å². The van der Waals surface area contributed by atoms with Gasteiger partial charge in [0.1, 0.15) is 0 Å². The van der Waals surface area contributed by atoms with Gasteiger partial charge in [0.2, 0.25) is 5.91 Å². The van der Waals surface area contributed by atoms with Crippen molar-refractivity contribution in [3.8, 4) is 6.07 Å². The predicted molar refractivity (Wildman–Crippen MR) is 63.9 cm³/mol. The number of likely N-dealkylation sites (tertiary alicyclic amines) is 1. The van der Waals surface area contributed by atoms with Gasteiger partial charge in [-0.1, -0.05) is 18.2 Å². The Kier molecular flexibility index (Phi) is 3.12. The first-order valence-corrected chi connectivity index (χ1v) is 5.73. The number of nitriles is 1. The zero-order valence-electron chi connectivity index (χ0n) is 9.76. The molecule has 1 aliphatic heterocycles. The molecular weight excluding hydrogens is 214 g/mol. The number of carbonyl (C=O) groups excluding carboxylic acids is 1. The van der Waals surface area contributed by atoms with Crippen molar-refractivity contribution in [1.82, 2.24) is 4.90 Å². The van der Waals surface area contributed by atoms with Crippen molar-refractivity contribution in [2.45, 2.75) is 25.4 Å². The molecule has 2 rings (SSSR count). The molecule has 2 N–H and O–H groups in total. The maximum Gasteiger partial charge on any atom is 0.224 e. The molecule has 1 heterocycles. The van der Waals surface area contributed by atoms with E-state index in [1.165, 1.54) is 0 Å². The van der Waals surface area contributed by atoms with Crippen molar-refractivity contribution in [2.75, 3.05) is 6.54 Å². The molecule has 0 aromatic heterocycles. The third-order valence-electron chi connectivity index (χ3n) is 3.21. The summed E-state index contributed by atoms with van der Waals surface area (Å²) < 4.78 is 0. The molecule has 1 aromatic carbocycles. The number of nitrogens with zero attached hydrogens (tertiary/aromatic N) is 2. The summed E-state index contributed by atoms with van der Waals surface area (Å²) in [5, 5.41) is 9.10. The van der Waals surface area contributed by atoms with Crippen LogP contribution >= 0.6 is 0 Å². The van der Waals surface area contributed by atoms with Crippen LogP contribution in [-0.4, -0.2) is 23.4 Å². The number of amides is 1. The van der Waals surface area contributed by atoms with Gasteiger partial charge in [0, 0.05) is 19.0 Å². The maximum atomic E-state index is 11.8. The van der Waals surface area contributed by atoms with Crippen molar-refractivity contribution in [3.63, 3.8) is 0 Å². The Balaban J connectivity index is 2.45. The van der Waals surface area contributed by atoms with Gasteiger partial charge in [0.05, 0.1) is 17.7 Å². The van der Waals surface area contributed by atoms with Crippen LogP contribution in [0.15, 0.2) is 24.3 Å². The molecule has 4 heteroatoms. The molecule has 0 aliphatic carbocycles. The molecule has 0 spiro atoms. The first-order valence-electron chi connectivity index (χ1n) is 5.73. The third kappa shape index (κ3) is 1.90. The van der Waals surface area contributed by atoms with Crippen LogP contribution in [0.4, 0.5) is 0 Å². The first-order chi connectivity index (χ1) is 8.19. The predicted octanol–water partition coefficient (Wildman–Crippen LogP) is 1.18. The molecule has 2 unspecified atom stereocenters. The summed E-state index contributed by atoms with van der Waals surface area (Å²) in [4.78, 5) is 13.5. The Bertz CT molecular complexity index is 478. The van der Waals surface area contributed by atoms with Gasteiger partial charge in [-0.2, -0.15) is 5.26 Å². The molecule has 1 aromatic rings. The van der Waals surface area contributed by atoms with Crippen LogP contribution in [0.25, 0.3) is 0 Å². The number of hydrogen-bond donors (Lipinski definition) is 1. The van der Waals surface area contributed by atoms with E-state index in [9.17, 15) is 4.79 Å². The lowest BCUT2D eigenvalue weighted by molar-refractivity contribution is -0.128. The van der Waals surface area contributed by atoms with Crippen LogP contribution in [0.3, 0.4) is 0 Å². The van der Waals surface area contributed by atoms with Crippen LogP contribution in [0.5, 0.6) is 0 Å². The van der Waals surface area contributed by atoms with Gasteiger partial charge >= 0.3 is 0 Å². The van der Waals surface area contributed by atoms with Crippen molar-refractivity contribution >= 4 is 5.91 Å². The second-order valence-electron chi connectivity index (χ2n) is 4.19. The third-order valence-corrected chi connectivity index (χ3v) is 3.21. The highest BCUT2D eigenvalue weighted by Gasteiger charge is 2.38. The van der Waals surface area contributed by atoms with E-state index >= 15 is 0 Å². The van der Waals surface area contributed by atoms with Gasteiger partial charge in [-0.05, 0) is 18.6 Å². The number of hydrogen-bond acceptors (Lipinski definition) is 3. The summed E-state index contributed by atoms with van der Waals surface area (Å²) in [6.07, 6.45) is 0.359. The average molecular weight is 229 g/mol. The van der Waals surface area contributed by atoms with Crippen LogP contribution in [0, 0.1) is 11.3 Å². The normalized spacial score (nSPS) is 23.8. The minimum absolute atomic E-state index is 0.0674. The molecule has 1 amide bonds. The molecule has 1 aliphatic rings. The second-order valence-corrected chi connectivity index (χ2v) is 4.19. The van der Waals surface area contributed by atoms with Gasteiger partial charge in [0.15, 0.2) is 0 Å². The van der Waals surface area contributed by atoms with Crippen molar-refractivity contribution < 1.29 is 4.79 Å². The van der Waals surface area contributed by atoms with E-state index in [-0.39, 0.29) is 18.0 Å². The topological polar surface area (TPSA) is 70.1 Å². The summed E-state index contributed by atoms with van der Waals surface area (Å²) in [6, 6.07) is 9.11. The molecule has 17 heavy (non-hydrogen) atoms. The standard InChI is InChI=1S/C13H15N3O/c1-2-16-12(17)7-11(15)13(16)10-6-4-3-5-9(10)8-14/h3-6,11,13H,2,7,15H2,1H3. The summed E-state index contributed by atoms with van der Waals surface area (Å²) in [7, 11) is 0. The minimum atomic E-state index is -0.225. The Hall–Kier alpha value is -1.86. The summed E-state index contributed by atoms with van der Waals surface area (Å²) >= 11 is 0. The van der Waals surface area contributed by atoms with E-state index in [2.05, 4.69) is 6.07 Å². The van der Waals surface area contributed by atoms with Gasteiger partial charge in [0.25, 0.3) is 0 Å². The fraction of sp³-hybridized carbons (Fsp3) is 0.385. The van der Waals surface area contributed by atoms with Crippen LogP contribution in [0.2, 0.25) is 0 Å². The lowest BCUT2D eigenvalue weighted by Crippen LogP contribution is -2.33. The zero-order valence-corrected chi connectivity index (χ0v) is 9.76. The Morgan fingerprint density at radius 1 is 1.53 bits per heavy atom. The molecule has 0 bridgehead atoms. The molecule has 0 radical (unpaired) electrons. The van der Waals surface area contributed by atoms with Crippen LogP contribution < -0.4 is 5.73 Å². The average Bonchev–Trinajstić information content (AvgIpc) is 2.63. The number of rotatable bonds is 2. The number of carbonyl (C=O) groups is 1. The highest BCUT2D eigenvalue weighted by Crippen LogP contribution is 2.33. The maximum absolute atomic E-state index is 11.8. The zero-order chi connectivity index (χ0) is 12.4. The van der Waals surface area contributed by atoms with E-state index in [1.807, 2.05) is 25.1 Å². The van der Waals surface area contributed by atoms with Gasteiger partial charge in [-0.15, -0.1) is 0 Å². The molecule has 4 nitrogen and oxygen atoms in total. The fourth-order valence-electron chi connectivity index (χ4n) is 2.45. The number of benzene rings is 1. The van der Waals surface area contributed by atoms with Crippen molar-refractivity contribution in [3.05, 3.63) is 35.4 Å². The molecule has 2 atom stereocenters. The Morgan fingerprint density at radius 2 is 2.24 bits per heavy atom. The summed E-state index contributed by atoms with van der Waals surface area (Å²) in [5.41, 5.74) is 7.47. The lowest BCUT2D eigenvalue weighted by atomic mass is 9.96. The summed E-state index contributed by atoms with van der Waals surface area (Å²) in [6.45, 7) is 2.55. The number of likely N-dealkylation sites (N-methyl/N-ethyl adjacent to an activating group) is 1. The van der Waals surface area contributed by atoms with E-state index < -0.39 is 0 Å². The van der Waals surface area contributed by atoms with Crippen molar-refractivity contribution in [1.29, 1.82) is 5.26 Å². The largest absolute Gasteiger partial charge is 0.334 e. The van der Waals surface area contributed by atoms with E-state index in [4.69, 9.17) is 11.0 Å². The van der Waals surface area contributed by atoms with E-state index in [0.717, 1.165) is 5.56 Å².